The third-order valence-electron chi connectivity index (χ3n) is 0. The van der Waals surface area contributed by atoms with Gasteiger partial charge in [-0.25, -0.2) is 0 Å². The van der Waals surface area contributed by atoms with E-state index in [0.29, 0.717) is 0 Å². The molecule has 0 bridgehead atoms. The van der Waals surface area contributed by atoms with Crippen molar-refractivity contribution in [2.45, 2.75) is 0 Å². The summed E-state index contributed by atoms with van der Waals surface area (Å²) in [5, 5.41) is 0. The summed E-state index contributed by atoms with van der Waals surface area (Å²) >= 11 is 0. The van der Waals surface area contributed by atoms with Gasteiger partial charge >= 0.3 is 0 Å². The Kier molecular flexibility index (Phi) is 664. The smallest absolute Gasteiger partial charge is 0.0125 e. The topological polar surface area (TPSA) is 0 Å². The van der Waals surface area contributed by atoms with Crippen molar-refractivity contribution < 1.29 is 0 Å². The Bertz CT molecular complexity index is 5.51. The summed E-state index contributed by atoms with van der Waals surface area (Å²) in [6.45, 7) is 0. The van der Waals surface area contributed by atoms with E-state index >= 15 is 0 Å². The van der Waals surface area contributed by atoms with Gasteiger partial charge in [-0.3, -0.25) is 0 Å². The molecule has 0 aliphatic carbocycles. The largest absolute Gasteiger partial charge is 0.147 e. The molecule has 0 aromatic carbocycles. The molecule has 0 amide bonds. The monoisotopic (exact) mass is 206 g/mol. The molecule has 0 N–H and O–H groups in total. The molecule has 0 radical (unpaired) electrons. The summed E-state index contributed by atoms with van der Waals surface area (Å²) in [5.41, 5.74) is 0. The van der Waals surface area contributed by atoms with E-state index in [1.165, 1.54) is 19.5 Å². The van der Waals surface area contributed by atoms with E-state index in [0.717, 1.165) is 0 Å². The maximum absolute atomic E-state index is 1.44. The minimum absolute atomic E-state index is 0. The molecule has 0 rings (SSSR count). The Morgan fingerprint density at radius 1 is 0.500 bits per heavy atom. The molecule has 0 heterocycles. The lowest BCUT2D eigenvalue weighted by Gasteiger charge is -1.01. The average molecular weight is 208 g/mol. The molecule has 0 saturated heterocycles. The Hall–Kier alpha value is 1.59. The molecule has 0 aliphatic rings. The van der Waals surface area contributed by atoms with Crippen molar-refractivity contribution in [3.05, 3.63) is 0 Å². The van der Waals surface area contributed by atoms with Gasteiger partial charge < -0.3 is 0 Å². The third-order valence-corrected chi connectivity index (χ3v) is 0. The summed E-state index contributed by atoms with van der Waals surface area (Å²) in [7, 11) is 2.89. The van der Waals surface area contributed by atoms with E-state index < -0.39 is 0 Å². The SMILES string of the molecule is Cl.Cl.Cl.Cl.[SiH3][SiH3]. The van der Waals surface area contributed by atoms with Gasteiger partial charge in [0.25, 0.3) is 0 Å². The fourth-order valence-electron chi connectivity index (χ4n) is 0. The lowest BCUT2D eigenvalue weighted by atomic mass is 27.1. The number of halogens is 4. The second-order valence-corrected chi connectivity index (χ2v) is 0. The van der Waals surface area contributed by atoms with E-state index in [2.05, 4.69) is 0 Å². The average Bonchev–Trinajstić information content (AvgIpc) is 1.00. The lowest BCUT2D eigenvalue weighted by Crippen LogP contribution is -1.38. The fraction of sp³-hybridized carbons (Fsp3) is 0. The zero-order valence-corrected chi connectivity index (χ0v) is 10.9. The van der Waals surface area contributed by atoms with Crippen LogP contribution in [0.15, 0.2) is 0 Å². The van der Waals surface area contributed by atoms with E-state index in [4.69, 9.17) is 0 Å². The molecule has 0 atom stereocenters. The summed E-state index contributed by atoms with van der Waals surface area (Å²) < 4.78 is 0. The van der Waals surface area contributed by atoms with Crippen LogP contribution in [0.4, 0.5) is 0 Å². The second kappa shape index (κ2) is 81.2. The van der Waals surface area contributed by atoms with Crippen LogP contribution in [0.5, 0.6) is 0 Å². The maximum atomic E-state index is 1.44. The molecule has 6 heteroatoms. The minimum Gasteiger partial charge on any atom is -0.147 e. The molecule has 0 unspecified atom stereocenters. The van der Waals surface area contributed by atoms with Crippen LogP contribution in [0.3, 0.4) is 0 Å². The molecular weight excluding hydrogens is 198 g/mol. The highest BCUT2D eigenvalue weighted by molar-refractivity contribution is 6.75. The van der Waals surface area contributed by atoms with Crippen molar-refractivity contribution in [2.24, 2.45) is 0 Å². The molecule has 0 spiro atoms. The van der Waals surface area contributed by atoms with Gasteiger partial charge in [-0.05, 0) is 19.5 Å². The van der Waals surface area contributed by atoms with Crippen LogP contribution in [-0.4, -0.2) is 19.5 Å². The molecule has 46 valence electrons. The van der Waals surface area contributed by atoms with Crippen LogP contribution in [-0.2, 0) is 0 Å². The zero-order chi connectivity index (χ0) is 2.00. The fourth-order valence-corrected chi connectivity index (χ4v) is 0. The van der Waals surface area contributed by atoms with Crippen LogP contribution >= 0.6 is 49.6 Å². The Morgan fingerprint density at radius 3 is 0.500 bits per heavy atom. The first-order chi connectivity index (χ1) is 1.00. The van der Waals surface area contributed by atoms with E-state index in [1.807, 2.05) is 0 Å². The molecular formula is H10Cl4Si2. The van der Waals surface area contributed by atoms with Gasteiger partial charge in [0.1, 0.15) is 0 Å². The van der Waals surface area contributed by atoms with Gasteiger partial charge in [-0.2, -0.15) is 0 Å². The van der Waals surface area contributed by atoms with Crippen LogP contribution in [0, 0.1) is 0 Å². The molecule has 0 nitrogen and oxygen atoms in total. The summed E-state index contributed by atoms with van der Waals surface area (Å²) in [5.74, 6) is 0. The lowest BCUT2D eigenvalue weighted by molar-refractivity contribution is 4.75. The molecule has 0 aliphatic heterocycles. The number of hydrogen-bond donors (Lipinski definition) is 0. The van der Waals surface area contributed by atoms with Crippen LogP contribution in [0.25, 0.3) is 0 Å². The van der Waals surface area contributed by atoms with E-state index in [-0.39, 0.29) is 49.6 Å². The van der Waals surface area contributed by atoms with Crippen molar-refractivity contribution >= 4 is 69.1 Å². The second-order valence-electron chi connectivity index (χ2n) is 0. The van der Waals surface area contributed by atoms with E-state index in [1.54, 1.807) is 0 Å². The molecule has 6 heavy (non-hydrogen) atoms. The Balaban J connectivity index is -0.000000000833. The van der Waals surface area contributed by atoms with Gasteiger partial charge in [-0.15, -0.1) is 49.6 Å². The first-order valence-corrected chi connectivity index (χ1v) is 9.00. The molecule has 0 aromatic heterocycles. The predicted octanol–water partition coefficient (Wildman–Crippen LogP) is -0.681. The van der Waals surface area contributed by atoms with Crippen LogP contribution < -0.4 is 0 Å². The van der Waals surface area contributed by atoms with Gasteiger partial charge in [-0.1, -0.05) is 0 Å². The Labute approximate surface area is 69.1 Å². The number of hydrogen-bond acceptors (Lipinski definition) is 0. The molecule has 0 fully saturated rings. The molecule has 0 saturated carbocycles. The van der Waals surface area contributed by atoms with Gasteiger partial charge in [0.2, 0.25) is 0 Å². The van der Waals surface area contributed by atoms with Crippen LogP contribution in [0.2, 0.25) is 0 Å². The van der Waals surface area contributed by atoms with Crippen molar-refractivity contribution in [1.82, 2.24) is 0 Å². The minimum atomic E-state index is 0. The van der Waals surface area contributed by atoms with Gasteiger partial charge in [0.15, 0.2) is 0 Å². The quantitative estimate of drug-likeness (QED) is 0.463. The highest BCUT2D eigenvalue weighted by Crippen LogP contribution is 0.693. The maximum Gasteiger partial charge on any atom is -0.0125 e. The summed E-state index contributed by atoms with van der Waals surface area (Å²) in [6.07, 6.45) is 0. The van der Waals surface area contributed by atoms with Crippen molar-refractivity contribution in [3.63, 3.8) is 0 Å². The standard InChI is InChI=1S/4ClH.H6Si2/c;;;;1-2/h4*1H;1-2H3. The predicted molar refractivity (Wildman–Crippen MR) is 48.9 cm³/mol. The Morgan fingerprint density at radius 2 is 0.500 bits per heavy atom. The first kappa shape index (κ1) is 49.1. The van der Waals surface area contributed by atoms with Gasteiger partial charge in [0, 0.05) is 0 Å². The van der Waals surface area contributed by atoms with Crippen molar-refractivity contribution in [1.29, 1.82) is 0 Å². The van der Waals surface area contributed by atoms with Crippen LogP contribution in [0.1, 0.15) is 0 Å². The number of rotatable bonds is 0. The first-order valence-electron chi connectivity index (χ1n) is 1.00. The zero-order valence-electron chi connectivity index (χ0n) is 3.63. The van der Waals surface area contributed by atoms with Crippen molar-refractivity contribution in [2.75, 3.05) is 0 Å². The van der Waals surface area contributed by atoms with Gasteiger partial charge in [0.05, 0.1) is 0 Å². The summed E-state index contributed by atoms with van der Waals surface area (Å²) in [6, 6.07) is 0. The molecule has 0 aromatic rings. The highest BCUT2D eigenvalue weighted by atomic mass is 35.5. The van der Waals surface area contributed by atoms with Crippen molar-refractivity contribution in [3.8, 4) is 0 Å². The van der Waals surface area contributed by atoms with E-state index in [9.17, 15) is 0 Å². The normalized spacial score (nSPS) is 2.00. The highest BCUT2D eigenvalue weighted by Gasteiger charge is 0.988. The summed E-state index contributed by atoms with van der Waals surface area (Å²) in [4.78, 5) is 0. The third kappa shape index (κ3) is 46.5.